The largest absolute Gasteiger partial charge is 0.383 e. The first-order valence-corrected chi connectivity index (χ1v) is 2.26. The summed E-state index contributed by atoms with van der Waals surface area (Å²) >= 11 is 0. The molecule has 0 aromatic rings. The fraction of sp³-hybridized carbons (Fsp3) is 0.667. The van der Waals surface area contributed by atoms with Crippen LogP contribution in [0.1, 0.15) is 6.92 Å². The molecule has 40 valence electrons. The van der Waals surface area contributed by atoms with Crippen molar-refractivity contribution < 1.29 is 4.74 Å². The number of hydrogen-bond acceptors (Lipinski definition) is 1. The molecule has 0 aliphatic rings. The van der Waals surface area contributed by atoms with Gasteiger partial charge in [-0.2, -0.15) is 0 Å². The van der Waals surface area contributed by atoms with Gasteiger partial charge in [0, 0.05) is 13.0 Å². The van der Waals surface area contributed by atoms with Crippen LogP contribution in [0, 0.1) is 18.3 Å². The number of terminal acetylenes is 1. The van der Waals surface area contributed by atoms with Crippen molar-refractivity contribution in [2.45, 2.75) is 6.92 Å². The van der Waals surface area contributed by atoms with Gasteiger partial charge in [0.2, 0.25) is 0 Å². The van der Waals surface area contributed by atoms with Crippen LogP contribution in [0.25, 0.3) is 0 Å². The van der Waals surface area contributed by atoms with Crippen LogP contribution in [0.5, 0.6) is 0 Å². The van der Waals surface area contributed by atoms with Crippen molar-refractivity contribution in [2.75, 3.05) is 13.7 Å². The van der Waals surface area contributed by atoms with E-state index in [1.54, 1.807) is 7.11 Å². The molecule has 0 saturated heterocycles. The van der Waals surface area contributed by atoms with E-state index >= 15 is 0 Å². The highest BCUT2D eigenvalue weighted by Crippen LogP contribution is 1.88. The van der Waals surface area contributed by atoms with Crippen LogP contribution < -0.4 is 0 Å². The van der Waals surface area contributed by atoms with Crippen LogP contribution in [0.2, 0.25) is 0 Å². The first-order chi connectivity index (χ1) is 3.31. The summed E-state index contributed by atoms with van der Waals surface area (Å²) in [5.74, 6) is 2.80. The van der Waals surface area contributed by atoms with Crippen LogP contribution in [0.3, 0.4) is 0 Å². The molecule has 0 spiro atoms. The summed E-state index contributed by atoms with van der Waals surface area (Å²) in [7, 11) is 1.65. The Morgan fingerprint density at radius 1 is 1.86 bits per heavy atom. The number of rotatable bonds is 2. The lowest BCUT2D eigenvalue weighted by molar-refractivity contribution is 0.179. The molecule has 0 bridgehead atoms. The third kappa shape index (κ3) is 3.35. The van der Waals surface area contributed by atoms with Gasteiger partial charge >= 0.3 is 0 Å². The van der Waals surface area contributed by atoms with Crippen molar-refractivity contribution in [2.24, 2.45) is 5.92 Å². The Labute approximate surface area is 44.7 Å². The minimum absolute atomic E-state index is 0.255. The summed E-state index contributed by atoms with van der Waals surface area (Å²) in [6, 6.07) is 0. The summed E-state index contributed by atoms with van der Waals surface area (Å²) in [4.78, 5) is 0. The van der Waals surface area contributed by atoms with Gasteiger partial charge in [-0.25, -0.2) is 0 Å². The van der Waals surface area contributed by atoms with Crippen LogP contribution >= 0.6 is 0 Å². The van der Waals surface area contributed by atoms with E-state index in [0.717, 1.165) is 0 Å². The van der Waals surface area contributed by atoms with E-state index in [-0.39, 0.29) is 5.92 Å². The molecule has 0 aromatic heterocycles. The Hall–Kier alpha value is -0.480. The standard InChI is InChI=1S/C6H10O/c1-4-6(2)5-7-3/h1,6H,5H2,2-3H3. The molecule has 0 aliphatic carbocycles. The van der Waals surface area contributed by atoms with Gasteiger partial charge in [-0.1, -0.05) is 0 Å². The number of hydrogen-bond donors (Lipinski definition) is 0. The minimum atomic E-state index is 0.255. The maximum Gasteiger partial charge on any atom is 0.0597 e. The lowest BCUT2D eigenvalue weighted by atomic mass is 10.2. The quantitative estimate of drug-likeness (QED) is 0.466. The van der Waals surface area contributed by atoms with Crippen molar-refractivity contribution in [1.29, 1.82) is 0 Å². The number of ether oxygens (including phenoxy) is 1. The molecular weight excluding hydrogens is 88.1 g/mol. The Morgan fingerprint density at radius 3 is 2.57 bits per heavy atom. The molecule has 0 aromatic carbocycles. The molecular formula is C6H10O. The van der Waals surface area contributed by atoms with Gasteiger partial charge in [0.25, 0.3) is 0 Å². The molecule has 1 heteroatoms. The van der Waals surface area contributed by atoms with Crippen molar-refractivity contribution in [3.8, 4) is 12.3 Å². The third-order valence-corrected chi connectivity index (χ3v) is 0.701. The lowest BCUT2D eigenvalue weighted by Crippen LogP contribution is -1.98. The van der Waals surface area contributed by atoms with Crippen molar-refractivity contribution >= 4 is 0 Å². The topological polar surface area (TPSA) is 9.23 Å². The van der Waals surface area contributed by atoms with E-state index in [1.165, 1.54) is 0 Å². The minimum Gasteiger partial charge on any atom is -0.383 e. The fourth-order valence-electron chi connectivity index (χ4n) is 0.298. The van der Waals surface area contributed by atoms with Crippen LogP contribution in [-0.2, 0) is 4.74 Å². The van der Waals surface area contributed by atoms with Gasteiger partial charge in [-0.05, 0) is 6.92 Å². The lowest BCUT2D eigenvalue weighted by Gasteiger charge is -1.97. The van der Waals surface area contributed by atoms with Gasteiger partial charge in [0.05, 0.1) is 6.61 Å². The predicted octanol–water partition coefficient (Wildman–Crippen LogP) is 0.902. The predicted molar refractivity (Wildman–Crippen MR) is 29.9 cm³/mol. The average Bonchev–Trinajstić information content (AvgIpc) is 1.68. The van der Waals surface area contributed by atoms with E-state index in [4.69, 9.17) is 11.2 Å². The molecule has 7 heavy (non-hydrogen) atoms. The molecule has 0 radical (unpaired) electrons. The van der Waals surface area contributed by atoms with Crippen molar-refractivity contribution in [3.63, 3.8) is 0 Å². The molecule has 0 N–H and O–H groups in total. The second-order valence-corrected chi connectivity index (χ2v) is 1.52. The second kappa shape index (κ2) is 3.70. The van der Waals surface area contributed by atoms with Crippen LogP contribution in [0.4, 0.5) is 0 Å². The molecule has 0 heterocycles. The van der Waals surface area contributed by atoms with E-state index in [9.17, 15) is 0 Å². The van der Waals surface area contributed by atoms with E-state index in [2.05, 4.69) is 5.92 Å². The second-order valence-electron chi connectivity index (χ2n) is 1.52. The summed E-state index contributed by atoms with van der Waals surface area (Å²) in [6.45, 7) is 2.61. The van der Waals surface area contributed by atoms with Gasteiger partial charge in [0.1, 0.15) is 0 Å². The highest BCUT2D eigenvalue weighted by atomic mass is 16.5. The molecule has 1 atom stereocenters. The molecule has 0 amide bonds. The highest BCUT2D eigenvalue weighted by molar-refractivity contribution is 4.89. The first kappa shape index (κ1) is 6.52. The van der Waals surface area contributed by atoms with Gasteiger partial charge in [-0.15, -0.1) is 12.3 Å². The summed E-state index contributed by atoms with van der Waals surface area (Å²) < 4.78 is 4.75. The fourth-order valence-corrected chi connectivity index (χ4v) is 0.298. The zero-order chi connectivity index (χ0) is 5.70. The van der Waals surface area contributed by atoms with Gasteiger partial charge in [-0.3, -0.25) is 0 Å². The van der Waals surface area contributed by atoms with Gasteiger partial charge < -0.3 is 4.74 Å². The van der Waals surface area contributed by atoms with Crippen molar-refractivity contribution in [1.82, 2.24) is 0 Å². The van der Waals surface area contributed by atoms with Crippen molar-refractivity contribution in [3.05, 3.63) is 0 Å². The maximum atomic E-state index is 5.03. The zero-order valence-electron chi connectivity index (χ0n) is 4.77. The van der Waals surface area contributed by atoms with Gasteiger partial charge in [0.15, 0.2) is 0 Å². The van der Waals surface area contributed by atoms with E-state index in [1.807, 2.05) is 6.92 Å². The van der Waals surface area contributed by atoms with E-state index in [0.29, 0.717) is 6.61 Å². The zero-order valence-corrected chi connectivity index (χ0v) is 4.77. The summed E-state index contributed by atoms with van der Waals surface area (Å²) in [6.07, 6.45) is 5.03. The Kier molecular flexibility index (Phi) is 3.45. The normalized spacial score (nSPS) is 12.7. The molecule has 0 saturated carbocycles. The summed E-state index contributed by atoms with van der Waals surface area (Å²) in [5.41, 5.74) is 0. The maximum absolute atomic E-state index is 5.03. The SMILES string of the molecule is C#CC(C)COC. The molecule has 0 rings (SSSR count). The van der Waals surface area contributed by atoms with E-state index < -0.39 is 0 Å². The number of methoxy groups -OCH3 is 1. The molecule has 1 unspecified atom stereocenters. The monoisotopic (exact) mass is 98.1 g/mol. The Balaban J connectivity index is 3.04. The molecule has 0 fully saturated rings. The smallest absolute Gasteiger partial charge is 0.0597 e. The van der Waals surface area contributed by atoms with Crippen LogP contribution in [-0.4, -0.2) is 13.7 Å². The summed E-state index contributed by atoms with van der Waals surface area (Å²) in [5, 5.41) is 0. The van der Waals surface area contributed by atoms with Crippen LogP contribution in [0.15, 0.2) is 0 Å². The average molecular weight is 98.1 g/mol. The molecule has 1 nitrogen and oxygen atoms in total. The molecule has 0 aliphatic heterocycles. The first-order valence-electron chi connectivity index (χ1n) is 2.26. The Morgan fingerprint density at radius 2 is 2.43 bits per heavy atom. The Bertz CT molecular complexity index is 70.7. The highest BCUT2D eigenvalue weighted by Gasteiger charge is 1.90. The third-order valence-electron chi connectivity index (χ3n) is 0.701.